The number of phenols is 1. The summed E-state index contributed by atoms with van der Waals surface area (Å²) in [6, 6.07) is 9.16. The average Bonchev–Trinajstić information content (AvgIpc) is 3.10. The van der Waals surface area contributed by atoms with Crippen molar-refractivity contribution in [3.63, 3.8) is 0 Å². The third-order valence-corrected chi connectivity index (χ3v) is 6.01. The summed E-state index contributed by atoms with van der Waals surface area (Å²) in [5.74, 6) is -0.276. The number of amides is 1. The Bertz CT molecular complexity index is 1090. The number of fused-ring (bicyclic) bond motifs is 1. The number of primary amides is 1. The summed E-state index contributed by atoms with van der Waals surface area (Å²) in [5, 5.41) is 21.3. The van der Waals surface area contributed by atoms with Crippen LogP contribution in [0.1, 0.15) is 54.1 Å². The monoisotopic (exact) mass is 422 g/mol. The van der Waals surface area contributed by atoms with Crippen LogP contribution in [0.25, 0.3) is 11.0 Å². The number of aliphatic hydroxyl groups is 1. The number of rotatable bonds is 6. The second kappa shape index (κ2) is 8.32. The molecule has 164 valence electrons. The lowest BCUT2D eigenvalue weighted by molar-refractivity contribution is 0.0282. The third-order valence-electron chi connectivity index (χ3n) is 6.01. The summed E-state index contributed by atoms with van der Waals surface area (Å²) in [6.45, 7) is 6.90. The molecular weight excluding hydrogens is 392 g/mol. The number of pyridine rings is 1. The molecule has 0 spiro atoms. The molecule has 1 amide bonds. The summed E-state index contributed by atoms with van der Waals surface area (Å²) in [7, 11) is 0. The summed E-state index contributed by atoms with van der Waals surface area (Å²) >= 11 is 0. The van der Waals surface area contributed by atoms with E-state index in [9.17, 15) is 15.0 Å². The fraction of sp³-hybridized carbons (Fsp3) is 0.417. The minimum atomic E-state index is -0.669. The molecule has 0 unspecified atom stereocenters. The van der Waals surface area contributed by atoms with E-state index in [0.29, 0.717) is 19.0 Å². The summed E-state index contributed by atoms with van der Waals surface area (Å²) in [4.78, 5) is 18.3. The maximum absolute atomic E-state index is 11.3. The van der Waals surface area contributed by atoms with Crippen LogP contribution in [0, 0.1) is 0 Å². The van der Waals surface area contributed by atoms with Crippen molar-refractivity contribution in [2.75, 3.05) is 19.6 Å². The van der Waals surface area contributed by atoms with Crippen molar-refractivity contribution in [2.45, 2.75) is 44.8 Å². The second-order valence-corrected chi connectivity index (χ2v) is 9.16. The number of nitrogens with two attached hydrogens (primary N) is 1. The zero-order valence-corrected chi connectivity index (χ0v) is 18.1. The number of piperidine rings is 1. The van der Waals surface area contributed by atoms with Crippen molar-refractivity contribution >= 4 is 16.9 Å². The van der Waals surface area contributed by atoms with Gasteiger partial charge in [-0.05, 0) is 81.1 Å². The number of β-amino-alcohol motifs (C(OH)–C–C–N with tert-alkyl or cyclic N) is 1. The first-order valence-electron chi connectivity index (χ1n) is 10.7. The van der Waals surface area contributed by atoms with Gasteiger partial charge in [0.1, 0.15) is 11.4 Å². The molecule has 1 aliphatic rings. The molecule has 1 aromatic carbocycles. The van der Waals surface area contributed by atoms with Gasteiger partial charge in [0.25, 0.3) is 5.91 Å². The highest BCUT2D eigenvalue weighted by Gasteiger charge is 2.26. The first-order chi connectivity index (χ1) is 14.7. The predicted octanol–water partition coefficient (Wildman–Crippen LogP) is 2.84. The highest BCUT2D eigenvalue weighted by atomic mass is 16.3. The standard InChI is InChI=1S/C24H30N4O3/c1-24(2,31)15-27-10-6-17(7-11-27)18-5-9-26-23-19(18)8-12-28(23)14-16-3-4-20(22(25)30)21(29)13-16/h3-5,8-9,12-13,17,29,31H,6-7,10-11,14-15H2,1-2H3,(H2,25,30). The van der Waals surface area contributed by atoms with Crippen molar-refractivity contribution in [1.82, 2.24) is 14.5 Å². The number of carbonyl (C=O) groups is 1. The van der Waals surface area contributed by atoms with Gasteiger partial charge in [-0.3, -0.25) is 4.79 Å². The Balaban J connectivity index is 1.53. The van der Waals surface area contributed by atoms with Crippen LogP contribution in [-0.2, 0) is 6.54 Å². The Hall–Kier alpha value is -2.90. The average molecular weight is 423 g/mol. The summed E-state index contributed by atoms with van der Waals surface area (Å²) in [5.41, 5.74) is 7.82. The Kier molecular flexibility index (Phi) is 5.73. The van der Waals surface area contributed by atoms with Gasteiger partial charge in [-0.25, -0.2) is 4.98 Å². The molecule has 2 aromatic heterocycles. The number of hydrogen-bond donors (Lipinski definition) is 3. The molecule has 0 saturated carbocycles. The number of aromatic nitrogens is 2. The zero-order chi connectivity index (χ0) is 22.2. The van der Waals surface area contributed by atoms with Crippen LogP contribution in [0.4, 0.5) is 0 Å². The van der Waals surface area contributed by atoms with E-state index >= 15 is 0 Å². The third kappa shape index (κ3) is 4.73. The second-order valence-electron chi connectivity index (χ2n) is 9.16. The van der Waals surface area contributed by atoms with Crippen molar-refractivity contribution in [3.05, 3.63) is 59.4 Å². The van der Waals surface area contributed by atoms with Gasteiger partial charge in [-0.2, -0.15) is 0 Å². The highest BCUT2D eigenvalue weighted by Crippen LogP contribution is 2.33. The van der Waals surface area contributed by atoms with Gasteiger partial charge in [-0.15, -0.1) is 0 Å². The van der Waals surface area contributed by atoms with Gasteiger partial charge in [0.2, 0.25) is 0 Å². The normalized spacial score (nSPS) is 16.1. The first-order valence-corrected chi connectivity index (χ1v) is 10.7. The van der Waals surface area contributed by atoms with Crippen LogP contribution < -0.4 is 5.73 Å². The summed E-state index contributed by atoms with van der Waals surface area (Å²) in [6.07, 6.45) is 6.00. The van der Waals surface area contributed by atoms with Crippen LogP contribution in [-0.4, -0.2) is 55.8 Å². The number of aromatic hydroxyl groups is 1. The van der Waals surface area contributed by atoms with E-state index < -0.39 is 11.5 Å². The van der Waals surface area contributed by atoms with Crippen LogP contribution in [0.5, 0.6) is 5.75 Å². The number of likely N-dealkylation sites (tertiary alicyclic amines) is 1. The topological polar surface area (TPSA) is 105 Å². The fourth-order valence-electron chi connectivity index (χ4n) is 4.62. The van der Waals surface area contributed by atoms with Crippen LogP contribution >= 0.6 is 0 Å². The first kappa shape index (κ1) is 21.3. The highest BCUT2D eigenvalue weighted by molar-refractivity contribution is 5.95. The van der Waals surface area contributed by atoms with E-state index in [-0.39, 0.29) is 11.3 Å². The van der Waals surface area contributed by atoms with Gasteiger partial charge >= 0.3 is 0 Å². The van der Waals surface area contributed by atoms with Gasteiger partial charge in [-0.1, -0.05) is 6.07 Å². The van der Waals surface area contributed by atoms with E-state index in [0.717, 1.165) is 42.5 Å². The lowest BCUT2D eigenvalue weighted by atomic mass is 9.88. The van der Waals surface area contributed by atoms with Gasteiger partial charge in [0.05, 0.1) is 11.2 Å². The van der Waals surface area contributed by atoms with Crippen LogP contribution in [0.2, 0.25) is 0 Å². The van der Waals surface area contributed by atoms with E-state index in [1.165, 1.54) is 5.56 Å². The summed E-state index contributed by atoms with van der Waals surface area (Å²) < 4.78 is 2.06. The Morgan fingerprint density at radius 3 is 2.61 bits per heavy atom. The number of carbonyl (C=O) groups excluding carboxylic acids is 1. The lowest BCUT2D eigenvalue weighted by Crippen LogP contribution is -2.42. The molecule has 31 heavy (non-hydrogen) atoms. The van der Waals surface area contributed by atoms with Crippen LogP contribution in [0.15, 0.2) is 42.7 Å². The van der Waals surface area contributed by atoms with Crippen molar-refractivity contribution in [1.29, 1.82) is 0 Å². The fourth-order valence-corrected chi connectivity index (χ4v) is 4.62. The van der Waals surface area contributed by atoms with Crippen LogP contribution in [0.3, 0.4) is 0 Å². The van der Waals surface area contributed by atoms with E-state index in [1.54, 1.807) is 18.2 Å². The molecule has 7 nitrogen and oxygen atoms in total. The Morgan fingerprint density at radius 1 is 1.23 bits per heavy atom. The molecule has 4 N–H and O–H groups in total. The Labute approximate surface area is 182 Å². The molecule has 1 aliphatic heterocycles. The molecule has 0 radical (unpaired) electrons. The molecule has 1 fully saturated rings. The zero-order valence-electron chi connectivity index (χ0n) is 18.1. The molecule has 3 aromatic rings. The molecule has 1 saturated heterocycles. The molecular formula is C24H30N4O3. The number of benzene rings is 1. The number of nitrogens with zero attached hydrogens (tertiary/aromatic N) is 3. The minimum Gasteiger partial charge on any atom is -0.507 e. The minimum absolute atomic E-state index is 0.104. The molecule has 0 bridgehead atoms. The van der Waals surface area contributed by atoms with Gasteiger partial charge in [0, 0.05) is 30.9 Å². The Morgan fingerprint density at radius 2 is 1.97 bits per heavy atom. The molecule has 4 rings (SSSR count). The number of hydrogen-bond acceptors (Lipinski definition) is 5. The lowest BCUT2D eigenvalue weighted by Gasteiger charge is -2.35. The maximum atomic E-state index is 11.3. The predicted molar refractivity (Wildman–Crippen MR) is 120 cm³/mol. The quantitative estimate of drug-likeness (QED) is 0.567. The van der Waals surface area contributed by atoms with Crippen molar-refractivity contribution < 1.29 is 15.0 Å². The smallest absolute Gasteiger partial charge is 0.252 e. The van der Waals surface area contributed by atoms with Crippen molar-refractivity contribution in [2.24, 2.45) is 5.73 Å². The van der Waals surface area contributed by atoms with E-state index in [1.807, 2.05) is 26.2 Å². The van der Waals surface area contributed by atoms with E-state index in [2.05, 4.69) is 26.6 Å². The molecule has 0 atom stereocenters. The SMILES string of the molecule is CC(C)(O)CN1CCC(c2ccnc3c2ccn3Cc2ccc(C(N)=O)c(O)c2)CC1. The van der Waals surface area contributed by atoms with E-state index in [4.69, 9.17) is 5.73 Å². The van der Waals surface area contributed by atoms with Gasteiger partial charge in [0.15, 0.2) is 0 Å². The maximum Gasteiger partial charge on any atom is 0.252 e. The largest absolute Gasteiger partial charge is 0.507 e. The molecule has 7 heteroatoms. The molecule has 0 aliphatic carbocycles. The van der Waals surface area contributed by atoms with Crippen molar-refractivity contribution in [3.8, 4) is 5.75 Å². The van der Waals surface area contributed by atoms with Gasteiger partial charge < -0.3 is 25.4 Å². The molecule has 3 heterocycles.